The first-order valence-corrected chi connectivity index (χ1v) is 5.45. The van der Waals surface area contributed by atoms with E-state index in [0.29, 0.717) is 12.8 Å². The first-order valence-electron chi connectivity index (χ1n) is 4.66. The molecule has 1 aromatic carbocycles. The molecule has 0 unspecified atom stereocenters. The Kier molecular flexibility index (Phi) is 2.41. The Labute approximate surface area is 86.3 Å². The van der Waals surface area contributed by atoms with Crippen LogP contribution in [-0.4, -0.2) is 0 Å². The molecule has 0 aliphatic heterocycles. The fourth-order valence-electron chi connectivity index (χ4n) is 1.99. The van der Waals surface area contributed by atoms with Gasteiger partial charge in [0.2, 0.25) is 0 Å². The van der Waals surface area contributed by atoms with Crippen molar-refractivity contribution >= 4 is 15.9 Å². The largest absolute Gasteiger partial charge is 0.239 e. The van der Waals surface area contributed by atoms with Crippen LogP contribution < -0.4 is 0 Å². The van der Waals surface area contributed by atoms with Gasteiger partial charge in [-0.05, 0) is 43.4 Å². The molecule has 2 heteroatoms. The maximum Gasteiger partial charge on any atom is 0.136 e. The number of benzene rings is 1. The minimum Gasteiger partial charge on any atom is -0.239 e. The first kappa shape index (κ1) is 9.20. The van der Waals surface area contributed by atoms with Gasteiger partial charge in [-0.25, -0.2) is 4.39 Å². The van der Waals surface area contributed by atoms with Crippen molar-refractivity contribution in [3.63, 3.8) is 0 Å². The summed E-state index contributed by atoms with van der Waals surface area (Å²) in [5.74, 6) is 0. The van der Waals surface area contributed by atoms with E-state index in [1.54, 1.807) is 0 Å². The van der Waals surface area contributed by atoms with E-state index >= 15 is 0 Å². The van der Waals surface area contributed by atoms with Gasteiger partial charge >= 0.3 is 0 Å². The SMILES string of the molecule is FC1(c2cccc(Br)c2)CCCC1. The maximum absolute atomic E-state index is 14.2. The van der Waals surface area contributed by atoms with E-state index in [9.17, 15) is 4.39 Å². The molecule has 1 aromatic rings. The molecule has 1 aliphatic rings. The minimum absolute atomic E-state index is 0.684. The summed E-state index contributed by atoms with van der Waals surface area (Å²) in [7, 11) is 0. The Morgan fingerprint density at radius 3 is 2.54 bits per heavy atom. The van der Waals surface area contributed by atoms with Gasteiger partial charge in [-0.2, -0.15) is 0 Å². The van der Waals surface area contributed by atoms with Crippen LogP contribution in [0.4, 0.5) is 4.39 Å². The van der Waals surface area contributed by atoms with Crippen molar-refractivity contribution in [1.29, 1.82) is 0 Å². The summed E-state index contributed by atoms with van der Waals surface area (Å²) in [6, 6.07) is 7.61. The van der Waals surface area contributed by atoms with E-state index in [1.165, 1.54) is 0 Å². The van der Waals surface area contributed by atoms with Crippen molar-refractivity contribution in [2.75, 3.05) is 0 Å². The molecule has 70 valence electrons. The van der Waals surface area contributed by atoms with Crippen LogP contribution in [0.15, 0.2) is 28.7 Å². The molecule has 13 heavy (non-hydrogen) atoms. The van der Waals surface area contributed by atoms with Crippen LogP contribution in [-0.2, 0) is 5.67 Å². The maximum atomic E-state index is 14.2. The lowest BCUT2D eigenvalue weighted by molar-refractivity contribution is 0.174. The van der Waals surface area contributed by atoms with Gasteiger partial charge in [0, 0.05) is 4.47 Å². The second kappa shape index (κ2) is 3.41. The molecule has 0 atom stereocenters. The molecule has 0 nitrogen and oxygen atoms in total. The van der Waals surface area contributed by atoms with Gasteiger partial charge < -0.3 is 0 Å². The van der Waals surface area contributed by atoms with Crippen molar-refractivity contribution in [2.45, 2.75) is 31.4 Å². The predicted octanol–water partition coefficient (Wildman–Crippen LogP) is 4.19. The van der Waals surface area contributed by atoms with Crippen LogP contribution in [0.2, 0.25) is 0 Å². The molecular formula is C11H12BrF. The fourth-order valence-corrected chi connectivity index (χ4v) is 2.39. The highest BCUT2D eigenvalue weighted by atomic mass is 79.9. The van der Waals surface area contributed by atoms with E-state index in [4.69, 9.17) is 0 Å². The fraction of sp³-hybridized carbons (Fsp3) is 0.455. The normalized spacial score (nSPS) is 20.5. The molecule has 0 aromatic heterocycles. The third-order valence-corrected chi connectivity index (χ3v) is 3.23. The zero-order valence-electron chi connectivity index (χ0n) is 7.39. The zero-order chi connectivity index (χ0) is 9.31. The second-order valence-corrected chi connectivity index (χ2v) is 4.60. The number of rotatable bonds is 1. The Balaban J connectivity index is 2.33. The summed E-state index contributed by atoms with van der Waals surface area (Å²) in [6.45, 7) is 0. The third kappa shape index (κ3) is 1.78. The van der Waals surface area contributed by atoms with Crippen LogP contribution >= 0.6 is 15.9 Å². The molecule has 0 amide bonds. The Morgan fingerprint density at radius 2 is 1.92 bits per heavy atom. The number of alkyl halides is 1. The highest BCUT2D eigenvalue weighted by Gasteiger charge is 2.35. The smallest absolute Gasteiger partial charge is 0.136 e. The molecule has 0 radical (unpaired) electrons. The first-order chi connectivity index (χ1) is 6.21. The van der Waals surface area contributed by atoms with Gasteiger partial charge in [-0.1, -0.05) is 28.1 Å². The average molecular weight is 243 g/mol. The monoisotopic (exact) mass is 242 g/mol. The Morgan fingerprint density at radius 1 is 1.23 bits per heavy atom. The van der Waals surface area contributed by atoms with Gasteiger partial charge in [-0.3, -0.25) is 0 Å². The van der Waals surface area contributed by atoms with Crippen molar-refractivity contribution < 1.29 is 4.39 Å². The van der Waals surface area contributed by atoms with E-state index in [0.717, 1.165) is 22.9 Å². The topological polar surface area (TPSA) is 0 Å². The van der Waals surface area contributed by atoms with Gasteiger partial charge in [-0.15, -0.1) is 0 Å². The summed E-state index contributed by atoms with van der Waals surface area (Å²) in [5.41, 5.74) is -0.219. The molecule has 0 N–H and O–H groups in total. The molecule has 0 bridgehead atoms. The van der Waals surface area contributed by atoms with Gasteiger partial charge in [0.25, 0.3) is 0 Å². The van der Waals surface area contributed by atoms with Crippen LogP contribution in [0.25, 0.3) is 0 Å². The summed E-state index contributed by atoms with van der Waals surface area (Å²) < 4.78 is 15.2. The van der Waals surface area contributed by atoms with Crippen molar-refractivity contribution in [1.82, 2.24) is 0 Å². The molecule has 0 heterocycles. The molecule has 1 fully saturated rings. The van der Waals surface area contributed by atoms with Crippen LogP contribution in [0.5, 0.6) is 0 Å². The predicted molar refractivity (Wildman–Crippen MR) is 55.4 cm³/mol. The summed E-state index contributed by atoms with van der Waals surface area (Å²) in [6.07, 6.45) is 3.40. The molecular weight excluding hydrogens is 231 g/mol. The second-order valence-electron chi connectivity index (χ2n) is 3.68. The highest BCUT2D eigenvalue weighted by Crippen LogP contribution is 2.42. The zero-order valence-corrected chi connectivity index (χ0v) is 8.98. The number of hydrogen-bond donors (Lipinski definition) is 0. The average Bonchev–Trinajstić information content (AvgIpc) is 2.54. The molecule has 2 rings (SSSR count). The van der Waals surface area contributed by atoms with Gasteiger partial charge in [0.15, 0.2) is 0 Å². The summed E-state index contributed by atoms with van der Waals surface area (Å²) >= 11 is 3.37. The summed E-state index contributed by atoms with van der Waals surface area (Å²) in [5, 5.41) is 0. The molecule has 0 saturated heterocycles. The molecule has 1 aliphatic carbocycles. The van der Waals surface area contributed by atoms with Crippen LogP contribution in [0, 0.1) is 0 Å². The van der Waals surface area contributed by atoms with Crippen molar-refractivity contribution in [3.8, 4) is 0 Å². The van der Waals surface area contributed by atoms with Crippen LogP contribution in [0.1, 0.15) is 31.2 Å². The van der Waals surface area contributed by atoms with E-state index in [-0.39, 0.29) is 0 Å². The molecule has 0 spiro atoms. The Hall–Kier alpha value is -0.370. The van der Waals surface area contributed by atoms with E-state index in [2.05, 4.69) is 15.9 Å². The number of hydrogen-bond acceptors (Lipinski definition) is 0. The Bertz CT molecular complexity index is 303. The lowest BCUT2D eigenvalue weighted by Crippen LogP contribution is -2.14. The highest BCUT2D eigenvalue weighted by molar-refractivity contribution is 9.10. The lowest BCUT2D eigenvalue weighted by Gasteiger charge is -2.19. The van der Waals surface area contributed by atoms with Crippen LogP contribution in [0.3, 0.4) is 0 Å². The quantitative estimate of drug-likeness (QED) is 0.693. The standard InChI is InChI=1S/C11H12BrF/c12-10-5-3-4-9(8-10)11(13)6-1-2-7-11/h3-5,8H,1-2,6-7H2. The van der Waals surface area contributed by atoms with E-state index in [1.807, 2.05) is 24.3 Å². The minimum atomic E-state index is -1.05. The molecule has 1 saturated carbocycles. The lowest BCUT2D eigenvalue weighted by atomic mass is 9.94. The third-order valence-electron chi connectivity index (χ3n) is 2.74. The van der Waals surface area contributed by atoms with Crippen molar-refractivity contribution in [3.05, 3.63) is 34.3 Å². The number of halogens is 2. The van der Waals surface area contributed by atoms with E-state index < -0.39 is 5.67 Å². The summed E-state index contributed by atoms with van der Waals surface area (Å²) in [4.78, 5) is 0. The van der Waals surface area contributed by atoms with Crippen molar-refractivity contribution in [2.24, 2.45) is 0 Å². The van der Waals surface area contributed by atoms with Gasteiger partial charge in [0.05, 0.1) is 0 Å². The van der Waals surface area contributed by atoms with Gasteiger partial charge in [0.1, 0.15) is 5.67 Å².